The Morgan fingerprint density at radius 1 is 1.15 bits per heavy atom. The molecule has 0 bridgehead atoms. The molecule has 1 rings (SSSR count). The summed E-state index contributed by atoms with van der Waals surface area (Å²) in [6.07, 6.45) is 0.427. The van der Waals surface area contributed by atoms with Gasteiger partial charge in [-0.25, -0.2) is 4.39 Å². The van der Waals surface area contributed by atoms with Crippen LogP contribution in [0.5, 0.6) is 0 Å². The van der Waals surface area contributed by atoms with Crippen molar-refractivity contribution in [1.29, 1.82) is 0 Å². The fourth-order valence-electron chi connectivity index (χ4n) is 2.18. The summed E-state index contributed by atoms with van der Waals surface area (Å²) in [5, 5.41) is 5.71. The predicted molar refractivity (Wildman–Crippen MR) is 106 cm³/mol. The minimum atomic E-state index is -0.244. The van der Waals surface area contributed by atoms with Crippen molar-refractivity contribution in [3.8, 4) is 0 Å². The molecule has 0 spiro atoms. The maximum absolute atomic E-state index is 13.4. The quantitative estimate of drug-likeness (QED) is 0.481. The molecule has 2 N–H and O–H groups in total. The van der Waals surface area contributed by atoms with E-state index in [1.807, 2.05) is 19.9 Å². The van der Waals surface area contributed by atoms with Crippen molar-refractivity contribution in [3.63, 3.8) is 0 Å². The standard InChI is InChI=1S/C20H31FN2O4.2H2/c1-15(2)19(24)6-8-26-10-11-27-9-7-23-20(25)14-22-13-17-5-4-16(3)18(21)12-17;;/h4-5,12,15,22H,6-11,13-14H2,1-3H3,(H,23,25);2*1H. The van der Waals surface area contributed by atoms with Gasteiger partial charge in [0.1, 0.15) is 11.6 Å². The molecule has 0 aliphatic rings. The minimum Gasteiger partial charge on any atom is -0.379 e. The zero-order valence-electron chi connectivity index (χ0n) is 16.5. The van der Waals surface area contributed by atoms with E-state index in [1.54, 1.807) is 13.0 Å². The highest BCUT2D eigenvalue weighted by Crippen LogP contribution is 2.08. The van der Waals surface area contributed by atoms with Crippen LogP contribution in [0, 0.1) is 18.7 Å². The molecule has 0 heterocycles. The number of rotatable bonds is 14. The van der Waals surface area contributed by atoms with Crippen LogP contribution < -0.4 is 10.6 Å². The van der Waals surface area contributed by atoms with Gasteiger partial charge >= 0.3 is 0 Å². The Bertz CT molecular complexity index is 604. The fraction of sp³-hybridized carbons (Fsp3) is 0.600. The molecule has 0 saturated heterocycles. The topological polar surface area (TPSA) is 76.7 Å². The van der Waals surface area contributed by atoms with Gasteiger partial charge in [0, 0.05) is 28.3 Å². The monoisotopic (exact) mass is 386 g/mol. The highest BCUT2D eigenvalue weighted by atomic mass is 19.1. The molecule has 0 radical (unpaired) electrons. The first kappa shape index (κ1) is 23.2. The Kier molecular flexibility index (Phi) is 11.5. The number of carbonyl (C=O) groups is 2. The molecule has 0 atom stereocenters. The number of benzene rings is 1. The van der Waals surface area contributed by atoms with Gasteiger partial charge < -0.3 is 20.1 Å². The summed E-state index contributed by atoms with van der Waals surface area (Å²) in [6, 6.07) is 5.02. The van der Waals surface area contributed by atoms with E-state index in [0.29, 0.717) is 51.5 Å². The second-order valence-corrected chi connectivity index (χ2v) is 6.63. The summed E-state index contributed by atoms with van der Waals surface area (Å²) in [4.78, 5) is 23.1. The summed E-state index contributed by atoms with van der Waals surface area (Å²) < 4.78 is 24.1. The lowest BCUT2D eigenvalue weighted by Gasteiger charge is -2.09. The molecule has 0 unspecified atom stereocenters. The van der Waals surface area contributed by atoms with E-state index in [2.05, 4.69) is 10.6 Å². The van der Waals surface area contributed by atoms with Crippen LogP contribution >= 0.6 is 0 Å². The van der Waals surface area contributed by atoms with Crippen LogP contribution in [0.25, 0.3) is 0 Å². The summed E-state index contributed by atoms with van der Waals surface area (Å²) in [5.74, 6) is -0.151. The summed E-state index contributed by atoms with van der Waals surface area (Å²) in [6.45, 7) is 8.09. The van der Waals surface area contributed by atoms with Crippen molar-refractivity contribution in [3.05, 3.63) is 35.1 Å². The average molecular weight is 387 g/mol. The number of hydrogen-bond donors (Lipinski definition) is 2. The third-order valence-electron chi connectivity index (χ3n) is 3.93. The summed E-state index contributed by atoms with van der Waals surface area (Å²) >= 11 is 0. The molecule has 7 heteroatoms. The average Bonchev–Trinajstić information content (AvgIpc) is 2.63. The molecular weight excluding hydrogens is 351 g/mol. The minimum absolute atomic E-state index is 0. The van der Waals surface area contributed by atoms with Gasteiger partial charge in [-0.2, -0.15) is 0 Å². The number of ketones is 1. The molecule has 0 aliphatic heterocycles. The van der Waals surface area contributed by atoms with Gasteiger partial charge in [0.2, 0.25) is 5.91 Å². The van der Waals surface area contributed by atoms with Crippen molar-refractivity contribution in [2.24, 2.45) is 5.92 Å². The molecule has 0 saturated carbocycles. The van der Waals surface area contributed by atoms with Crippen LogP contribution in [0.4, 0.5) is 4.39 Å². The molecule has 1 amide bonds. The molecule has 156 valence electrons. The van der Waals surface area contributed by atoms with Crippen LogP contribution in [0.1, 0.15) is 34.2 Å². The molecule has 1 aromatic rings. The van der Waals surface area contributed by atoms with E-state index in [0.717, 1.165) is 5.56 Å². The molecule has 6 nitrogen and oxygen atoms in total. The largest absolute Gasteiger partial charge is 0.379 e. The van der Waals surface area contributed by atoms with Gasteiger partial charge in [-0.1, -0.05) is 26.0 Å². The van der Waals surface area contributed by atoms with Gasteiger partial charge in [0.05, 0.1) is 33.0 Å². The summed E-state index contributed by atoms with van der Waals surface area (Å²) in [7, 11) is 0. The van der Waals surface area contributed by atoms with E-state index < -0.39 is 0 Å². The fourth-order valence-corrected chi connectivity index (χ4v) is 2.18. The van der Waals surface area contributed by atoms with Crippen LogP contribution in [0.15, 0.2) is 18.2 Å². The maximum Gasteiger partial charge on any atom is 0.234 e. The summed E-state index contributed by atoms with van der Waals surface area (Å²) in [5.41, 5.74) is 1.40. The number of halogens is 1. The maximum atomic E-state index is 13.4. The number of hydrogen-bond acceptors (Lipinski definition) is 5. The van der Waals surface area contributed by atoms with Crippen molar-refractivity contribution in [2.75, 3.05) is 39.5 Å². The highest BCUT2D eigenvalue weighted by Gasteiger charge is 2.06. The first-order valence-electron chi connectivity index (χ1n) is 9.30. The van der Waals surface area contributed by atoms with E-state index >= 15 is 0 Å². The normalized spacial score (nSPS) is 11.0. The zero-order chi connectivity index (χ0) is 20.1. The van der Waals surface area contributed by atoms with Gasteiger partial charge in [-0.15, -0.1) is 0 Å². The van der Waals surface area contributed by atoms with Crippen LogP contribution in [0.3, 0.4) is 0 Å². The Labute approximate surface area is 163 Å². The first-order valence-corrected chi connectivity index (χ1v) is 9.30. The van der Waals surface area contributed by atoms with Gasteiger partial charge in [0.15, 0.2) is 0 Å². The number of nitrogens with one attached hydrogen (secondary N) is 2. The number of ether oxygens (including phenoxy) is 2. The smallest absolute Gasteiger partial charge is 0.234 e. The SMILES string of the molecule is Cc1ccc(CNCC(=O)NCCOCCOCCC(=O)C(C)C)cc1F.[HH].[HH]. The Hall–Kier alpha value is -1.83. The molecule has 0 fully saturated rings. The number of Topliss-reactive ketones (excluding diaryl/α,β-unsaturated/α-hetero) is 1. The first-order chi connectivity index (χ1) is 12.9. The van der Waals surface area contributed by atoms with E-state index in [-0.39, 0.29) is 32.8 Å². The van der Waals surface area contributed by atoms with E-state index in [4.69, 9.17) is 9.47 Å². The van der Waals surface area contributed by atoms with Crippen LogP contribution in [-0.2, 0) is 25.6 Å². The number of aryl methyl sites for hydroxylation is 1. The Morgan fingerprint density at radius 2 is 1.85 bits per heavy atom. The number of carbonyl (C=O) groups excluding carboxylic acids is 2. The van der Waals surface area contributed by atoms with Gasteiger partial charge in [-0.3, -0.25) is 9.59 Å². The van der Waals surface area contributed by atoms with Gasteiger partial charge in [0.25, 0.3) is 0 Å². The van der Waals surface area contributed by atoms with E-state index in [9.17, 15) is 14.0 Å². The lowest BCUT2D eigenvalue weighted by Crippen LogP contribution is -2.35. The molecular formula is C20H35FN2O4. The van der Waals surface area contributed by atoms with Gasteiger partial charge in [-0.05, 0) is 24.1 Å². The second kappa shape index (κ2) is 13.4. The molecule has 1 aromatic carbocycles. The zero-order valence-corrected chi connectivity index (χ0v) is 16.5. The highest BCUT2D eigenvalue weighted by molar-refractivity contribution is 5.80. The number of amides is 1. The predicted octanol–water partition coefficient (Wildman–Crippen LogP) is 2.48. The van der Waals surface area contributed by atoms with Crippen molar-refractivity contribution < 1.29 is 26.3 Å². The van der Waals surface area contributed by atoms with Crippen molar-refractivity contribution >= 4 is 11.7 Å². The third-order valence-corrected chi connectivity index (χ3v) is 3.93. The molecule has 27 heavy (non-hydrogen) atoms. The molecule has 0 aromatic heterocycles. The second-order valence-electron chi connectivity index (χ2n) is 6.63. The third kappa shape index (κ3) is 10.8. The van der Waals surface area contributed by atoms with Crippen molar-refractivity contribution in [2.45, 2.75) is 33.7 Å². The van der Waals surface area contributed by atoms with Crippen LogP contribution in [0.2, 0.25) is 0 Å². The Balaban J connectivity index is 0. The van der Waals surface area contributed by atoms with Crippen LogP contribution in [-0.4, -0.2) is 51.2 Å². The van der Waals surface area contributed by atoms with E-state index in [1.165, 1.54) is 6.07 Å². The van der Waals surface area contributed by atoms with Crippen molar-refractivity contribution in [1.82, 2.24) is 10.6 Å². The lowest BCUT2D eigenvalue weighted by atomic mass is 10.1. The molecule has 0 aliphatic carbocycles. The Morgan fingerprint density at radius 3 is 2.52 bits per heavy atom. The lowest BCUT2D eigenvalue weighted by molar-refractivity contribution is -0.123.